The molecule has 0 bridgehead atoms. The van der Waals surface area contributed by atoms with Crippen molar-refractivity contribution in [3.8, 4) is 0 Å². The first-order chi connectivity index (χ1) is 5.04. The molecule has 0 aliphatic rings. The van der Waals surface area contributed by atoms with E-state index in [2.05, 4.69) is 15.4 Å². The molecule has 0 aliphatic heterocycles. The number of hydrogen-bond acceptors (Lipinski definition) is 5. The van der Waals surface area contributed by atoms with Crippen molar-refractivity contribution in [2.45, 2.75) is 18.6 Å². The maximum atomic E-state index is 10.5. The highest BCUT2D eigenvalue weighted by atomic mass is 35.7. The highest BCUT2D eigenvalue weighted by Gasteiger charge is 2.16. The molecule has 6 nitrogen and oxygen atoms in total. The Hall–Kier alpha value is -0.690. The summed E-state index contributed by atoms with van der Waals surface area (Å²) < 4.78 is 21.1. The molecule has 0 aliphatic carbocycles. The molecule has 0 fully saturated rings. The monoisotopic (exact) mass is 196 g/mol. The van der Waals surface area contributed by atoms with Gasteiger partial charge < -0.3 is 0 Å². The lowest BCUT2D eigenvalue weighted by Gasteiger charge is -1.85. The van der Waals surface area contributed by atoms with Gasteiger partial charge in [-0.05, 0) is 12.1 Å². The molecule has 8 heteroatoms. The first-order valence-electron chi connectivity index (χ1n) is 2.76. The number of tetrazole rings is 1. The van der Waals surface area contributed by atoms with Crippen molar-refractivity contribution in [1.82, 2.24) is 20.2 Å². The van der Waals surface area contributed by atoms with Crippen molar-refractivity contribution in [2.24, 2.45) is 0 Å². The Balaban J connectivity index is 3.09. The average Bonchev–Trinajstić information content (AvgIpc) is 2.32. The number of hydrogen-bond donors (Lipinski definition) is 0. The van der Waals surface area contributed by atoms with Gasteiger partial charge in [0.2, 0.25) is 0 Å². The van der Waals surface area contributed by atoms with Gasteiger partial charge in [0.25, 0.3) is 9.05 Å². The van der Waals surface area contributed by atoms with Crippen LogP contribution in [0.1, 0.15) is 6.92 Å². The lowest BCUT2D eigenvalue weighted by atomic mass is 10.8. The molecule has 62 valence electrons. The molecule has 0 radical (unpaired) electrons. The minimum absolute atomic E-state index is 0.457. The molecule has 0 atom stereocenters. The Morgan fingerprint density at radius 2 is 2.27 bits per heavy atom. The standard InChI is InChI=1S/C3H5ClN4O2S/c1-2-8-6-3(5-7-8)11(4,9)10/h2H2,1H3. The Morgan fingerprint density at radius 1 is 1.64 bits per heavy atom. The van der Waals surface area contributed by atoms with Crippen LogP contribution >= 0.6 is 10.7 Å². The van der Waals surface area contributed by atoms with Crippen molar-refractivity contribution in [1.29, 1.82) is 0 Å². The van der Waals surface area contributed by atoms with Gasteiger partial charge in [0.05, 0.1) is 6.54 Å². The highest BCUT2D eigenvalue weighted by molar-refractivity contribution is 8.13. The van der Waals surface area contributed by atoms with Gasteiger partial charge in [0.1, 0.15) is 0 Å². The van der Waals surface area contributed by atoms with Crippen LogP contribution in [-0.4, -0.2) is 28.6 Å². The fraction of sp³-hybridized carbons (Fsp3) is 0.667. The Morgan fingerprint density at radius 3 is 2.55 bits per heavy atom. The normalized spacial score (nSPS) is 11.8. The predicted molar refractivity (Wildman–Crippen MR) is 36.5 cm³/mol. The van der Waals surface area contributed by atoms with Gasteiger partial charge in [-0.15, -0.1) is 5.10 Å². The zero-order valence-corrected chi connectivity index (χ0v) is 7.17. The average molecular weight is 197 g/mol. The molecule has 11 heavy (non-hydrogen) atoms. The predicted octanol–water partition coefficient (Wildman–Crippen LogP) is -0.379. The van der Waals surface area contributed by atoms with Crippen LogP contribution in [0.3, 0.4) is 0 Å². The third-order valence-corrected chi connectivity index (χ3v) is 1.95. The molecule has 1 aromatic heterocycles. The molecule has 1 rings (SSSR count). The molecular formula is C3H5ClN4O2S. The smallest absolute Gasteiger partial charge is 0.203 e. The number of halogens is 1. The van der Waals surface area contributed by atoms with Gasteiger partial charge in [0.15, 0.2) is 0 Å². The lowest BCUT2D eigenvalue weighted by molar-refractivity contribution is 0.546. The molecule has 0 saturated carbocycles. The number of rotatable bonds is 2. The van der Waals surface area contributed by atoms with E-state index in [1.54, 1.807) is 6.92 Å². The van der Waals surface area contributed by atoms with Gasteiger partial charge in [0, 0.05) is 10.7 Å². The molecule has 0 spiro atoms. The molecule has 1 heterocycles. The summed E-state index contributed by atoms with van der Waals surface area (Å²) >= 11 is 0. The SMILES string of the molecule is CCn1nnc(S(=O)(=O)Cl)n1. The van der Waals surface area contributed by atoms with E-state index in [1.165, 1.54) is 0 Å². The van der Waals surface area contributed by atoms with E-state index in [0.29, 0.717) is 6.54 Å². The summed E-state index contributed by atoms with van der Waals surface area (Å²) in [6.07, 6.45) is 0. The zero-order valence-electron chi connectivity index (χ0n) is 5.60. The summed E-state index contributed by atoms with van der Waals surface area (Å²) in [4.78, 5) is 1.13. The van der Waals surface area contributed by atoms with Crippen LogP contribution in [0.4, 0.5) is 0 Å². The van der Waals surface area contributed by atoms with Gasteiger partial charge in [-0.1, -0.05) is 5.10 Å². The van der Waals surface area contributed by atoms with E-state index in [0.717, 1.165) is 4.80 Å². The number of aromatic nitrogens is 4. The minimum atomic E-state index is -3.83. The summed E-state index contributed by atoms with van der Waals surface area (Å²) in [7, 11) is 1.10. The summed E-state index contributed by atoms with van der Waals surface area (Å²) in [5, 5.41) is 9.65. The summed E-state index contributed by atoms with van der Waals surface area (Å²) in [6.45, 7) is 2.21. The van der Waals surface area contributed by atoms with Crippen LogP contribution in [0.2, 0.25) is 0 Å². The molecular weight excluding hydrogens is 192 g/mol. The Kier molecular flexibility index (Phi) is 2.10. The first-order valence-corrected chi connectivity index (χ1v) is 5.07. The largest absolute Gasteiger partial charge is 0.303 e. The summed E-state index contributed by atoms with van der Waals surface area (Å²) in [5.74, 6) is 0. The van der Waals surface area contributed by atoms with Crippen LogP contribution in [-0.2, 0) is 15.6 Å². The van der Waals surface area contributed by atoms with Crippen molar-refractivity contribution < 1.29 is 8.42 Å². The van der Waals surface area contributed by atoms with Gasteiger partial charge in [-0.3, -0.25) is 0 Å². The highest BCUT2D eigenvalue weighted by Crippen LogP contribution is 2.05. The van der Waals surface area contributed by atoms with Crippen molar-refractivity contribution in [3.63, 3.8) is 0 Å². The molecule has 0 saturated heterocycles. The summed E-state index contributed by atoms with van der Waals surface area (Å²) in [6, 6.07) is 0. The van der Waals surface area contributed by atoms with Crippen LogP contribution < -0.4 is 0 Å². The number of aryl methyl sites for hydroxylation is 1. The van der Waals surface area contributed by atoms with Crippen molar-refractivity contribution in [3.05, 3.63) is 0 Å². The third-order valence-electron chi connectivity index (χ3n) is 0.935. The third kappa shape index (κ3) is 1.87. The van der Waals surface area contributed by atoms with Crippen molar-refractivity contribution >= 4 is 19.7 Å². The van der Waals surface area contributed by atoms with Crippen LogP contribution in [0.25, 0.3) is 0 Å². The minimum Gasteiger partial charge on any atom is -0.203 e. The maximum absolute atomic E-state index is 10.5. The van der Waals surface area contributed by atoms with Crippen LogP contribution in [0.15, 0.2) is 5.16 Å². The van der Waals surface area contributed by atoms with Gasteiger partial charge in [-0.25, -0.2) is 8.42 Å². The lowest BCUT2D eigenvalue weighted by Crippen LogP contribution is -1.99. The van der Waals surface area contributed by atoms with Gasteiger partial charge in [-0.2, -0.15) is 4.80 Å². The zero-order chi connectivity index (χ0) is 8.48. The van der Waals surface area contributed by atoms with E-state index in [4.69, 9.17) is 10.7 Å². The fourth-order valence-electron chi connectivity index (χ4n) is 0.460. The maximum Gasteiger partial charge on any atom is 0.303 e. The molecule has 0 aromatic carbocycles. The Labute approximate surface area is 67.6 Å². The van der Waals surface area contributed by atoms with E-state index in [-0.39, 0.29) is 0 Å². The molecule has 0 N–H and O–H groups in total. The molecule has 0 unspecified atom stereocenters. The van der Waals surface area contributed by atoms with E-state index >= 15 is 0 Å². The Bertz CT molecular complexity index is 344. The summed E-state index contributed by atoms with van der Waals surface area (Å²) in [5.41, 5.74) is 0. The van der Waals surface area contributed by atoms with Crippen molar-refractivity contribution in [2.75, 3.05) is 0 Å². The second-order valence-electron chi connectivity index (χ2n) is 1.70. The van der Waals surface area contributed by atoms with E-state index < -0.39 is 14.2 Å². The first kappa shape index (κ1) is 8.41. The second-order valence-corrected chi connectivity index (χ2v) is 4.16. The topological polar surface area (TPSA) is 77.7 Å². The number of nitrogens with zero attached hydrogens (tertiary/aromatic N) is 4. The van der Waals surface area contributed by atoms with Gasteiger partial charge >= 0.3 is 5.16 Å². The quantitative estimate of drug-likeness (QED) is 0.603. The van der Waals surface area contributed by atoms with E-state index in [1.807, 2.05) is 0 Å². The second kappa shape index (κ2) is 2.74. The van der Waals surface area contributed by atoms with Crippen LogP contribution in [0.5, 0.6) is 0 Å². The van der Waals surface area contributed by atoms with E-state index in [9.17, 15) is 8.42 Å². The molecule has 1 aromatic rings. The van der Waals surface area contributed by atoms with Crippen LogP contribution in [0, 0.1) is 0 Å². The molecule has 0 amide bonds. The fourth-order valence-corrected chi connectivity index (χ4v) is 0.971.